The second-order valence-electron chi connectivity index (χ2n) is 8.15. The molecule has 2 aromatic carbocycles. The highest BCUT2D eigenvalue weighted by Gasteiger charge is 2.33. The molecule has 3 aromatic rings. The maximum atomic E-state index is 13.5. The van der Waals surface area contributed by atoms with Crippen molar-refractivity contribution in [2.24, 2.45) is 0 Å². The summed E-state index contributed by atoms with van der Waals surface area (Å²) < 4.78 is 6.05. The summed E-state index contributed by atoms with van der Waals surface area (Å²) >= 11 is 13.8. The predicted molar refractivity (Wildman–Crippen MR) is 137 cm³/mol. The fraction of sp³-hybridized carbons (Fsp3) is 0.308. The zero-order valence-electron chi connectivity index (χ0n) is 18.9. The smallest absolute Gasteiger partial charge is 0.254 e. The monoisotopic (exact) mass is 516 g/mol. The minimum atomic E-state index is -0.220. The zero-order chi connectivity index (χ0) is 24.1. The summed E-state index contributed by atoms with van der Waals surface area (Å²) in [6.07, 6.45) is 1.55. The predicted octanol–water partition coefficient (Wildman–Crippen LogP) is 6.11. The van der Waals surface area contributed by atoms with Gasteiger partial charge in [0, 0.05) is 33.6 Å². The summed E-state index contributed by atoms with van der Waals surface area (Å²) in [5, 5.41) is 3.19. The number of carbonyl (C=O) groups excluding carboxylic acids is 2. The average Bonchev–Trinajstić information content (AvgIpc) is 3.32. The standard InChI is InChI=1S/C26H26Cl2N2O3S/c1-2-12-29(26(32)18-4-3-5-20(28)15-18)16-25(31)30-13-10-24-22(11-14-34-24)23(30)17-33-21-8-6-19(27)7-9-21/h3-9,11,14-15,23H,2,10,12-13,16-17H2,1H3. The van der Waals surface area contributed by atoms with Gasteiger partial charge in [0.2, 0.25) is 5.91 Å². The minimum absolute atomic E-state index is 0.0100. The van der Waals surface area contributed by atoms with Crippen molar-refractivity contribution in [2.45, 2.75) is 25.8 Å². The van der Waals surface area contributed by atoms with E-state index in [0.29, 0.717) is 41.1 Å². The first-order valence-electron chi connectivity index (χ1n) is 11.2. The van der Waals surface area contributed by atoms with Crippen molar-refractivity contribution in [1.82, 2.24) is 9.80 Å². The van der Waals surface area contributed by atoms with E-state index in [-0.39, 0.29) is 24.4 Å². The number of hydrogen-bond acceptors (Lipinski definition) is 4. The first-order valence-corrected chi connectivity index (χ1v) is 12.9. The normalized spacial score (nSPS) is 15.0. The van der Waals surface area contributed by atoms with Gasteiger partial charge in [0.25, 0.3) is 5.91 Å². The van der Waals surface area contributed by atoms with Gasteiger partial charge in [-0.1, -0.05) is 36.2 Å². The first kappa shape index (κ1) is 24.6. The van der Waals surface area contributed by atoms with Gasteiger partial charge in [-0.15, -0.1) is 11.3 Å². The van der Waals surface area contributed by atoms with Crippen LogP contribution in [0.4, 0.5) is 0 Å². The maximum absolute atomic E-state index is 13.5. The van der Waals surface area contributed by atoms with Crippen LogP contribution in [0.2, 0.25) is 10.0 Å². The molecule has 0 bridgehead atoms. The first-order chi connectivity index (χ1) is 16.5. The van der Waals surface area contributed by atoms with Gasteiger partial charge in [-0.3, -0.25) is 9.59 Å². The molecule has 0 saturated carbocycles. The van der Waals surface area contributed by atoms with Crippen LogP contribution in [0.3, 0.4) is 0 Å². The molecule has 178 valence electrons. The Morgan fingerprint density at radius 2 is 1.91 bits per heavy atom. The van der Waals surface area contributed by atoms with E-state index in [1.165, 1.54) is 4.88 Å². The Balaban J connectivity index is 1.51. The highest BCUT2D eigenvalue weighted by Crippen LogP contribution is 2.34. The van der Waals surface area contributed by atoms with Gasteiger partial charge >= 0.3 is 0 Å². The number of benzene rings is 2. The van der Waals surface area contributed by atoms with Crippen LogP contribution in [0.1, 0.15) is 40.2 Å². The molecule has 0 N–H and O–H groups in total. The van der Waals surface area contributed by atoms with E-state index in [0.717, 1.165) is 18.4 Å². The van der Waals surface area contributed by atoms with E-state index < -0.39 is 0 Å². The third kappa shape index (κ3) is 5.74. The Kier molecular flexibility index (Phi) is 8.14. The highest BCUT2D eigenvalue weighted by atomic mass is 35.5. The number of nitrogens with zero attached hydrogens (tertiary/aromatic N) is 2. The lowest BCUT2D eigenvalue weighted by atomic mass is 10.0. The third-order valence-corrected chi connectivity index (χ3v) is 7.30. The zero-order valence-corrected chi connectivity index (χ0v) is 21.2. The SMILES string of the molecule is CCCN(CC(=O)N1CCc2sccc2C1COc1ccc(Cl)cc1)C(=O)c1cccc(Cl)c1. The molecule has 0 spiro atoms. The molecule has 8 heteroatoms. The van der Waals surface area contributed by atoms with Gasteiger partial charge in [0.1, 0.15) is 18.9 Å². The Morgan fingerprint density at radius 3 is 2.65 bits per heavy atom. The quantitative estimate of drug-likeness (QED) is 0.362. The van der Waals surface area contributed by atoms with Crippen molar-refractivity contribution >= 4 is 46.4 Å². The molecule has 0 radical (unpaired) electrons. The second-order valence-corrected chi connectivity index (χ2v) is 10.0. The van der Waals surface area contributed by atoms with E-state index in [4.69, 9.17) is 27.9 Å². The van der Waals surface area contributed by atoms with Crippen LogP contribution in [-0.4, -0.2) is 47.9 Å². The van der Waals surface area contributed by atoms with E-state index >= 15 is 0 Å². The fourth-order valence-corrected chi connectivity index (χ4v) is 5.41. The van der Waals surface area contributed by atoms with Crippen molar-refractivity contribution in [3.05, 3.63) is 86.0 Å². The third-order valence-electron chi connectivity index (χ3n) is 5.82. The highest BCUT2D eigenvalue weighted by molar-refractivity contribution is 7.10. The van der Waals surface area contributed by atoms with Crippen LogP contribution >= 0.6 is 34.5 Å². The molecule has 2 amide bonds. The van der Waals surface area contributed by atoms with Gasteiger partial charge in [0.05, 0.1) is 6.04 Å². The Labute approximate surface area is 213 Å². The Morgan fingerprint density at radius 1 is 1.12 bits per heavy atom. The van der Waals surface area contributed by atoms with Crippen LogP contribution in [0, 0.1) is 0 Å². The fourth-order valence-electron chi connectivity index (χ4n) is 4.16. The number of halogens is 2. The molecule has 0 fully saturated rings. The number of fused-ring (bicyclic) bond motifs is 1. The molecule has 4 rings (SSSR count). The number of hydrogen-bond donors (Lipinski definition) is 0. The summed E-state index contributed by atoms with van der Waals surface area (Å²) in [6.45, 7) is 3.40. The number of ether oxygens (including phenoxy) is 1. The van der Waals surface area contributed by atoms with Gasteiger partial charge in [-0.2, -0.15) is 0 Å². The van der Waals surface area contributed by atoms with Crippen molar-refractivity contribution in [3.8, 4) is 5.75 Å². The second kappa shape index (κ2) is 11.3. The van der Waals surface area contributed by atoms with Crippen LogP contribution in [-0.2, 0) is 11.2 Å². The molecular formula is C26H26Cl2N2O3S. The summed E-state index contributed by atoms with van der Waals surface area (Å²) in [7, 11) is 0. The minimum Gasteiger partial charge on any atom is -0.491 e. The number of thiophene rings is 1. The Hall–Kier alpha value is -2.54. The number of carbonyl (C=O) groups is 2. The molecule has 0 aliphatic carbocycles. The lowest BCUT2D eigenvalue weighted by Crippen LogP contribution is -2.48. The van der Waals surface area contributed by atoms with Gasteiger partial charge in [0.15, 0.2) is 0 Å². The van der Waals surface area contributed by atoms with Crippen molar-refractivity contribution in [1.29, 1.82) is 0 Å². The van der Waals surface area contributed by atoms with Gasteiger partial charge < -0.3 is 14.5 Å². The lowest BCUT2D eigenvalue weighted by molar-refractivity contribution is -0.135. The molecule has 1 aliphatic rings. The molecule has 1 aromatic heterocycles. The van der Waals surface area contributed by atoms with Crippen LogP contribution in [0.5, 0.6) is 5.75 Å². The van der Waals surface area contributed by atoms with Crippen molar-refractivity contribution in [2.75, 3.05) is 26.2 Å². The van der Waals surface area contributed by atoms with E-state index in [1.54, 1.807) is 52.6 Å². The number of amides is 2. The van der Waals surface area contributed by atoms with Crippen LogP contribution in [0.15, 0.2) is 60.0 Å². The van der Waals surface area contributed by atoms with E-state index in [9.17, 15) is 9.59 Å². The average molecular weight is 517 g/mol. The molecule has 5 nitrogen and oxygen atoms in total. The molecular weight excluding hydrogens is 491 g/mol. The summed E-state index contributed by atoms with van der Waals surface area (Å²) in [6, 6.07) is 15.9. The molecule has 0 saturated heterocycles. The van der Waals surface area contributed by atoms with Crippen LogP contribution in [0.25, 0.3) is 0 Å². The molecule has 1 aliphatic heterocycles. The largest absolute Gasteiger partial charge is 0.491 e. The Bertz CT molecular complexity index is 1150. The maximum Gasteiger partial charge on any atom is 0.254 e. The molecule has 1 atom stereocenters. The van der Waals surface area contributed by atoms with Gasteiger partial charge in [-0.25, -0.2) is 0 Å². The van der Waals surface area contributed by atoms with Crippen molar-refractivity contribution < 1.29 is 14.3 Å². The lowest BCUT2D eigenvalue weighted by Gasteiger charge is -2.37. The molecule has 34 heavy (non-hydrogen) atoms. The van der Waals surface area contributed by atoms with E-state index in [2.05, 4.69) is 11.4 Å². The summed E-state index contributed by atoms with van der Waals surface area (Å²) in [4.78, 5) is 31.4. The number of rotatable bonds is 8. The van der Waals surface area contributed by atoms with Crippen molar-refractivity contribution in [3.63, 3.8) is 0 Å². The molecule has 1 unspecified atom stereocenters. The molecule has 2 heterocycles. The van der Waals surface area contributed by atoms with E-state index in [1.807, 2.05) is 24.0 Å². The summed E-state index contributed by atoms with van der Waals surface area (Å²) in [5.41, 5.74) is 1.59. The van der Waals surface area contributed by atoms with Crippen LogP contribution < -0.4 is 4.74 Å². The topological polar surface area (TPSA) is 49.9 Å². The van der Waals surface area contributed by atoms with Gasteiger partial charge in [-0.05, 0) is 72.3 Å². The summed E-state index contributed by atoms with van der Waals surface area (Å²) in [5.74, 6) is 0.410.